The molecule has 0 saturated heterocycles. The van der Waals surface area contributed by atoms with Crippen LogP contribution >= 0.6 is 15.9 Å². The van der Waals surface area contributed by atoms with Crippen LogP contribution in [0.5, 0.6) is 5.75 Å². The van der Waals surface area contributed by atoms with E-state index in [9.17, 15) is 0 Å². The monoisotopic (exact) mass is 349 g/mol. The van der Waals surface area contributed by atoms with Gasteiger partial charge in [-0.15, -0.1) is 0 Å². The van der Waals surface area contributed by atoms with E-state index in [0.717, 1.165) is 21.6 Å². The molecule has 0 fully saturated rings. The maximum Gasteiger partial charge on any atom is 0.170 e. The van der Waals surface area contributed by atoms with Crippen molar-refractivity contribution in [2.45, 2.75) is 0 Å². The molecule has 2 rings (SSSR count). The number of anilines is 2. The van der Waals surface area contributed by atoms with E-state index >= 15 is 0 Å². The number of amidine groups is 1. The van der Waals surface area contributed by atoms with E-state index in [4.69, 9.17) is 15.7 Å². The minimum absolute atomic E-state index is 0.0715. The van der Waals surface area contributed by atoms with Gasteiger partial charge in [0.1, 0.15) is 5.75 Å². The number of hydrogen-bond donors (Lipinski definition) is 2. The van der Waals surface area contributed by atoms with Crippen LogP contribution in [-0.2, 0) is 0 Å². The molecule has 0 heterocycles. The van der Waals surface area contributed by atoms with Gasteiger partial charge in [0.05, 0.1) is 18.5 Å². The first-order valence-corrected chi connectivity index (χ1v) is 7.02. The maximum atomic E-state index is 8.72. The van der Waals surface area contributed by atoms with Crippen molar-refractivity contribution < 1.29 is 9.94 Å². The van der Waals surface area contributed by atoms with Crippen molar-refractivity contribution >= 4 is 33.1 Å². The first-order chi connectivity index (χ1) is 10.1. The summed E-state index contributed by atoms with van der Waals surface area (Å²) in [6.45, 7) is 0. The topological polar surface area (TPSA) is 71.1 Å². The SMILES string of the molecule is COc1ccccc1N(C)c1ccc(/C(N)=N/O)cc1Br. The predicted octanol–water partition coefficient (Wildman–Crippen LogP) is 3.32. The Morgan fingerprint density at radius 3 is 2.57 bits per heavy atom. The molecule has 3 N–H and O–H groups in total. The second-order valence-corrected chi connectivity index (χ2v) is 5.24. The first kappa shape index (κ1) is 15.2. The molecule has 6 heteroatoms. The number of halogens is 1. The van der Waals surface area contributed by atoms with Gasteiger partial charge in [-0.2, -0.15) is 0 Å². The van der Waals surface area contributed by atoms with E-state index in [1.807, 2.05) is 42.3 Å². The molecule has 0 aliphatic carbocycles. The van der Waals surface area contributed by atoms with Gasteiger partial charge in [-0.1, -0.05) is 17.3 Å². The van der Waals surface area contributed by atoms with Crippen LogP contribution in [0.25, 0.3) is 0 Å². The van der Waals surface area contributed by atoms with E-state index in [1.165, 1.54) is 0 Å². The highest BCUT2D eigenvalue weighted by Gasteiger charge is 2.13. The molecule has 0 unspecified atom stereocenters. The van der Waals surface area contributed by atoms with Crippen LogP contribution < -0.4 is 15.4 Å². The van der Waals surface area contributed by atoms with Crippen molar-refractivity contribution in [3.05, 3.63) is 52.5 Å². The van der Waals surface area contributed by atoms with Gasteiger partial charge < -0.3 is 20.6 Å². The summed E-state index contributed by atoms with van der Waals surface area (Å²) in [6.07, 6.45) is 0. The Balaban J connectivity index is 2.42. The quantitative estimate of drug-likeness (QED) is 0.384. The zero-order chi connectivity index (χ0) is 15.4. The third-order valence-corrected chi connectivity index (χ3v) is 3.79. The van der Waals surface area contributed by atoms with Crippen molar-refractivity contribution in [2.24, 2.45) is 10.9 Å². The maximum absolute atomic E-state index is 8.72. The van der Waals surface area contributed by atoms with Crippen LogP contribution in [0.15, 0.2) is 52.1 Å². The molecule has 0 spiro atoms. The van der Waals surface area contributed by atoms with E-state index in [-0.39, 0.29) is 5.84 Å². The van der Waals surface area contributed by atoms with E-state index in [2.05, 4.69) is 21.1 Å². The largest absolute Gasteiger partial charge is 0.495 e. The highest BCUT2D eigenvalue weighted by Crippen LogP contribution is 2.36. The molecule has 0 atom stereocenters. The van der Waals surface area contributed by atoms with Gasteiger partial charge in [0, 0.05) is 17.1 Å². The number of hydrogen-bond acceptors (Lipinski definition) is 4. The van der Waals surface area contributed by atoms with Gasteiger partial charge in [-0.3, -0.25) is 0 Å². The zero-order valence-electron chi connectivity index (χ0n) is 11.7. The lowest BCUT2D eigenvalue weighted by Gasteiger charge is -2.23. The minimum Gasteiger partial charge on any atom is -0.495 e. The van der Waals surface area contributed by atoms with E-state index in [1.54, 1.807) is 19.2 Å². The van der Waals surface area contributed by atoms with Gasteiger partial charge in [0.2, 0.25) is 0 Å². The van der Waals surface area contributed by atoms with Crippen molar-refractivity contribution in [1.29, 1.82) is 0 Å². The Morgan fingerprint density at radius 1 is 1.24 bits per heavy atom. The third-order valence-electron chi connectivity index (χ3n) is 3.16. The lowest BCUT2D eigenvalue weighted by molar-refractivity contribution is 0.318. The standard InChI is InChI=1S/C15H16BrN3O2/c1-19(13-5-3-4-6-14(13)21-2)12-8-7-10(9-11(12)16)15(17)18-20/h3-9,20H,1-2H3,(H2,17,18). The van der Waals surface area contributed by atoms with Crippen LogP contribution in [0.2, 0.25) is 0 Å². The average molecular weight is 350 g/mol. The molecular weight excluding hydrogens is 334 g/mol. The molecule has 0 saturated carbocycles. The number of para-hydroxylation sites is 2. The summed E-state index contributed by atoms with van der Waals surface area (Å²) in [5.41, 5.74) is 8.11. The highest BCUT2D eigenvalue weighted by molar-refractivity contribution is 9.10. The van der Waals surface area contributed by atoms with Crippen molar-refractivity contribution in [3.63, 3.8) is 0 Å². The molecule has 0 aromatic heterocycles. The smallest absolute Gasteiger partial charge is 0.170 e. The summed E-state index contributed by atoms with van der Waals surface area (Å²) in [6, 6.07) is 13.2. The van der Waals surface area contributed by atoms with Crippen LogP contribution in [0.4, 0.5) is 11.4 Å². The number of methoxy groups -OCH3 is 1. The normalized spacial score (nSPS) is 11.3. The third kappa shape index (κ3) is 3.11. The number of ether oxygens (including phenoxy) is 1. The molecule has 21 heavy (non-hydrogen) atoms. The summed E-state index contributed by atoms with van der Waals surface area (Å²) >= 11 is 3.51. The Morgan fingerprint density at radius 2 is 1.95 bits per heavy atom. The first-order valence-electron chi connectivity index (χ1n) is 6.22. The summed E-state index contributed by atoms with van der Waals surface area (Å²) in [5.74, 6) is 0.856. The van der Waals surface area contributed by atoms with Crippen LogP contribution in [0.3, 0.4) is 0 Å². The number of oxime groups is 1. The lowest BCUT2D eigenvalue weighted by Crippen LogP contribution is -2.15. The Bertz CT molecular complexity index is 674. The van der Waals surface area contributed by atoms with Gasteiger partial charge >= 0.3 is 0 Å². The average Bonchev–Trinajstić information content (AvgIpc) is 2.53. The number of nitrogens with zero attached hydrogens (tertiary/aromatic N) is 2. The van der Waals surface area contributed by atoms with Crippen LogP contribution in [0.1, 0.15) is 5.56 Å². The molecule has 0 aliphatic heterocycles. The summed E-state index contributed by atoms with van der Waals surface area (Å²) < 4.78 is 6.21. The van der Waals surface area contributed by atoms with E-state index < -0.39 is 0 Å². The molecule has 5 nitrogen and oxygen atoms in total. The second kappa shape index (κ2) is 6.49. The van der Waals surface area contributed by atoms with Crippen LogP contribution in [0, 0.1) is 0 Å². The van der Waals surface area contributed by atoms with Gasteiger partial charge in [0.15, 0.2) is 5.84 Å². The predicted molar refractivity (Wildman–Crippen MR) is 87.7 cm³/mol. The fourth-order valence-corrected chi connectivity index (χ4v) is 2.68. The summed E-state index contributed by atoms with van der Waals surface area (Å²) in [5, 5.41) is 11.7. The summed E-state index contributed by atoms with van der Waals surface area (Å²) in [4.78, 5) is 2.00. The van der Waals surface area contributed by atoms with Gasteiger partial charge in [-0.05, 0) is 46.3 Å². The van der Waals surface area contributed by atoms with Gasteiger partial charge in [-0.25, -0.2) is 0 Å². The Labute approximate surface area is 131 Å². The van der Waals surface area contributed by atoms with E-state index in [0.29, 0.717) is 5.56 Å². The minimum atomic E-state index is 0.0715. The zero-order valence-corrected chi connectivity index (χ0v) is 13.3. The Hall–Kier alpha value is -2.21. The lowest BCUT2D eigenvalue weighted by atomic mass is 10.1. The summed E-state index contributed by atoms with van der Waals surface area (Å²) in [7, 11) is 3.59. The molecular formula is C15H16BrN3O2. The number of benzene rings is 2. The molecule has 0 aliphatic rings. The Kier molecular flexibility index (Phi) is 4.70. The fraction of sp³-hybridized carbons (Fsp3) is 0.133. The fourth-order valence-electron chi connectivity index (χ4n) is 2.03. The number of nitrogens with two attached hydrogens (primary N) is 1. The van der Waals surface area contributed by atoms with Gasteiger partial charge in [0.25, 0.3) is 0 Å². The molecule has 0 bridgehead atoms. The van der Waals surface area contributed by atoms with Crippen LogP contribution in [-0.4, -0.2) is 25.2 Å². The second-order valence-electron chi connectivity index (χ2n) is 4.38. The van der Waals surface area contributed by atoms with Crippen molar-refractivity contribution in [2.75, 3.05) is 19.1 Å². The molecule has 2 aromatic rings. The van der Waals surface area contributed by atoms with Crippen molar-refractivity contribution in [1.82, 2.24) is 0 Å². The van der Waals surface area contributed by atoms with Crippen molar-refractivity contribution in [3.8, 4) is 5.75 Å². The highest BCUT2D eigenvalue weighted by atomic mass is 79.9. The number of rotatable bonds is 4. The molecule has 0 amide bonds. The molecule has 2 aromatic carbocycles. The molecule has 110 valence electrons. The molecule has 0 radical (unpaired) electrons.